The molecular formula is C11H14O3. The Morgan fingerprint density at radius 3 is 2.50 bits per heavy atom. The van der Waals surface area contributed by atoms with Gasteiger partial charge in [0.1, 0.15) is 12.4 Å². The van der Waals surface area contributed by atoms with Gasteiger partial charge >= 0.3 is 0 Å². The van der Waals surface area contributed by atoms with Crippen LogP contribution < -0.4 is 4.74 Å². The fourth-order valence-corrected chi connectivity index (χ4v) is 0.957. The van der Waals surface area contributed by atoms with Gasteiger partial charge in [0.15, 0.2) is 5.78 Å². The maximum absolute atomic E-state index is 10.9. The highest BCUT2D eigenvalue weighted by molar-refractivity contribution is 5.79. The van der Waals surface area contributed by atoms with Crippen LogP contribution in [0.15, 0.2) is 24.3 Å². The van der Waals surface area contributed by atoms with Gasteiger partial charge in [-0.1, -0.05) is 19.1 Å². The van der Waals surface area contributed by atoms with Crippen molar-refractivity contribution in [2.24, 2.45) is 0 Å². The van der Waals surface area contributed by atoms with Gasteiger partial charge in [-0.05, 0) is 17.7 Å². The van der Waals surface area contributed by atoms with Gasteiger partial charge in [0.25, 0.3) is 0 Å². The van der Waals surface area contributed by atoms with Gasteiger partial charge in [-0.3, -0.25) is 4.79 Å². The molecule has 0 atom stereocenters. The second-order valence-corrected chi connectivity index (χ2v) is 2.98. The predicted octanol–water partition coefficient (Wildman–Crippen LogP) is 1.54. The summed E-state index contributed by atoms with van der Waals surface area (Å²) in [5, 5.41) is 8.79. The molecule has 0 spiro atoms. The largest absolute Gasteiger partial charge is 0.486 e. The van der Waals surface area contributed by atoms with E-state index < -0.39 is 0 Å². The Balaban J connectivity index is 2.47. The lowest BCUT2D eigenvalue weighted by molar-refractivity contribution is -0.120. The van der Waals surface area contributed by atoms with Gasteiger partial charge < -0.3 is 9.84 Å². The molecule has 3 heteroatoms. The summed E-state index contributed by atoms with van der Waals surface area (Å²) < 4.78 is 5.23. The molecule has 0 saturated carbocycles. The number of aliphatic hydroxyl groups is 1. The molecule has 0 saturated heterocycles. The van der Waals surface area contributed by atoms with Crippen LogP contribution in [0.1, 0.15) is 18.9 Å². The van der Waals surface area contributed by atoms with Crippen molar-refractivity contribution < 1.29 is 14.6 Å². The highest BCUT2D eigenvalue weighted by Crippen LogP contribution is 2.11. The molecule has 1 N–H and O–H groups in total. The molecule has 0 amide bonds. The third kappa shape index (κ3) is 3.18. The molecule has 0 aliphatic heterocycles. The summed E-state index contributed by atoms with van der Waals surface area (Å²) in [7, 11) is 0. The molecule has 1 aromatic rings. The Morgan fingerprint density at radius 2 is 2.00 bits per heavy atom. The molecule has 1 rings (SSSR count). The van der Waals surface area contributed by atoms with Crippen LogP contribution in [0.3, 0.4) is 0 Å². The minimum atomic E-state index is 0.0220. The maximum Gasteiger partial charge on any atom is 0.169 e. The second-order valence-electron chi connectivity index (χ2n) is 2.98. The third-order valence-corrected chi connectivity index (χ3v) is 1.90. The first kappa shape index (κ1) is 10.7. The van der Waals surface area contributed by atoms with Crippen molar-refractivity contribution in [3.8, 4) is 5.75 Å². The van der Waals surface area contributed by atoms with Crippen molar-refractivity contribution in [2.45, 2.75) is 20.0 Å². The van der Waals surface area contributed by atoms with Crippen molar-refractivity contribution in [3.05, 3.63) is 29.8 Å². The van der Waals surface area contributed by atoms with Crippen LogP contribution >= 0.6 is 0 Å². The van der Waals surface area contributed by atoms with Crippen molar-refractivity contribution in [2.75, 3.05) is 6.61 Å². The molecule has 0 aliphatic carbocycles. The summed E-state index contributed by atoms with van der Waals surface area (Å²) in [5.74, 6) is 0.736. The summed E-state index contributed by atoms with van der Waals surface area (Å²) in [6.45, 7) is 1.95. The molecule has 0 aromatic heterocycles. The highest BCUT2D eigenvalue weighted by atomic mass is 16.5. The SMILES string of the molecule is CCC(=O)COc1ccc(CO)cc1. The van der Waals surface area contributed by atoms with E-state index in [2.05, 4.69) is 0 Å². The molecular weight excluding hydrogens is 180 g/mol. The molecule has 0 aliphatic rings. The third-order valence-electron chi connectivity index (χ3n) is 1.90. The average molecular weight is 194 g/mol. The number of aliphatic hydroxyl groups excluding tert-OH is 1. The van der Waals surface area contributed by atoms with Gasteiger partial charge in [-0.2, -0.15) is 0 Å². The Labute approximate surface area is 83.3 Å². The predicted molar refractivity (Wildman–Crippen MR) is 53.2 cm³/mol. The van der Waals surface area contributed by atoms with Crippen LogP contribution in [0.25, 0.3) is 0 Å². The zero-order valence-electron chi connectivity index (χ0n) is 8.19. The van der Waals surface area contributed by atoms with Crippen molar-refractivity contribution in [3.63, 3.8) is 0 Å². The number of ketones is 1. The number of hydrogen-bond donors (Lipinski definition) is 1. The molecule has 0 unspecified atom stereocenters. The van der Waals surface area contributed by atoms with E-state index in [1.54, 1.807) is 31.2 Å². The maximum atomic E-state index is 10.9. The van der Waals surface area contributed by atoms with Crippen LogP contribution in [0.4, 0.5) is 0 Å². The number of benzene rings is 1. The fourth-order valence-electron chi connectivity index (χ4n) is 0.957. The van der Waals surface area contributed by atoms with Gasteiger partial charge in [-0.15, -0.1) is 0 Å². The van der Waals surface area contributed by atoms with Crippen molar-refractivity contribution in [1.29, 1.82) is 0 Å². The molecule has 0 radical (unpaired) electrons. The Morgan fingerprint density at radius 1 is 1.36 bits per heavy atom. The first-order valence-corrected chi connectivity index (χ1v) is 4.60. The monoisotopic (exact) mass is 194 g/mol. The summed E-state index contributed by atoms with van der Waals surface area (Å²) in [4.78, 5) is 10.9. The van der Waals surface area contributed by atoms with Crippen LogP contribution in [0, 0.1) is 0 Å². The molecule has 0 fully saturated rings. The number of Topliss-reactive ketones (excluding diaryl/α,β-unsaturated/α-hetero) is 1. The van der Waals surface area contributed by atoms with Crippen LogP contribution in [-0.4, -0.2) is 17.5 Å². The van der Waals surface area contributed by atoms with Gasteiger partial charge in [0.2, 0.25) is 0 Å². The van der Waals surface area contributed by atoms with E-state index in [9.17, 15) is 4.79 Å². The number of rotatable bonds is 5. The molecule has 0 bridgehead atoms. The van der Waals surface area contributed by atoms with E-state index in [0.29, 0.717) is 12.2 Å². The molecule has 76 valence electrons. The summed E-state index contributed by atoms with van der Waals surface area (Å²) in [5.41, 5.74) is 0.833. The number of carbonyl (C=O) groups is 1. The molecule has 0 heterocycles. The number of hydrogen-bond acceptors (Lipinski definition) is 3. The summed E-state index contributed by atoms with van der Waals surface area (Å²) in [6, 6.07) is 7.03. The first-order valence-electron chi connectivity index (χ1n) is 4.60. The Bertz CT molecular complexity index is 290. The van der Waals surface area contributed by atoms with Gasteiger partial charge in [-0.25, -0.2) is 0 Å². The lowest BCUT2D eigenvalue weighted by Gasteiger charge is -2.04. The van der Waals surface area contributed by atoms with E-state index >= 15 is 0 Å². The van der Waals surface area contributed by atoms with Gasteiger partial charge in [0.05, 0.1) is 6.61 Å². The molecule has 3 nitrogen and oxygen atoms in total. The quantitative estimate of drug-likeness (QED) is 0.773. The van der Waals surface area contributed by atoms with E-state index in [4.69, 9.17) is 9.84 Å². The van der Waals surface area contributed by atoms with Crippen LogP contribution in [0.2, 0.25) is 0 Å². The average Bonchev–Trinajstić information content (AvgIpc) is 2.26. The van der Waals surface area contributed by atoms with Crippen LogP contribution in [-0.2, 0) is 11.4 Å². The topological polar surface area (TPSA) is 46.5 Å². The second kappa shape index (κ2) is 5.40. The zero-order chi connectivity index (χ0) is 10.4. The van der Waals surface area contributed by atoms with Crippen molar-refractivity contribution >= 4 is 5.78 Å². The Hall–Kier alpha value is -1.35. The lowest BCUT2D eigenvalue weighted by atomic mass is 10.2. The van der Waals surface area contributed by atoms with Crippen LogP contribution in [0.5, 0.6) is 5.75 Å². The first-order chi connectivity index (χ1) is 6.76. The van der Waals surface area contributed by atoms with E-state index in [1.165, 1.54) is 0 Å². The lowest BCUT2D eigenvalue weighted by Crippen LogP contribution is -2.09. The molecule has 1 aromatic carbocycles. The molecule has 14 heavy (non-hydrogen) atoms. The van der Waals surface area contributed by atoms with E-state index in [0.717, 1.165) is 5.56 Å². The zero-order valence-corrected chi connectivity index (χ0v) is 8.19. The minimum Gasteiger partial charge on any atom is -0.486 e. The van der Waals surface area contributed by atoms with E-state index in [1.807, 2.05) is 0 Å². The van der Waals surface area contributed by atoms with Gasteiger partial charge in [0, 0.05) is 6.42 Å². The Kier molecular flexibility index (Phi) is 4.13. The smallest absolute Gasteiger partial charge is 0.169 e. The number of ether oxygens (including phenoxy) is 1. The normalized spacial score (nSPS) is 9.86. The van der Waals surface area contributed by atoms with Crippen molar-refractivity contribution in [1.82, 2.24) is 0 Å². The highest BCUT2D eigenvalue weighted by Gasteiger charge is 1.99. The standard InChI is InChI=1S/C11H14O3/c1-2-10(13)8-14-11-5-3-9(7-12)4-6-11/h3-6,12H,2,7-8H2,1H3. The number of carbonyl (C=O) groups excluding carboxylic acids is 1. The van der Waals surface area contributed by atoms with E-state index in [-0.39, 0.29) is 19.0 Å². The summed E-state index contributed by atoms with van der Waals surface area (Å²) >= 11 is 0. The fraction of sp³-hybridized carbons (Fsp3) is 0.364. The minimum absolute atomic E-state index is 0.0220. The summed E-state index contributed by atoms with van der Waals surface area (Å²) in [6.07, 6.45) is 0.495.